The van der Waals surface area contributed by atoms with Gasteiger partial charge in [-0.3, -0.25) is 4.79 Å². The predicted molar refractivity (Wildman–Crippen MR) is 47.7 cm³/mol. The first kappa shape index (κ1) is 9.56. The van der Waals surface area contributed by atoms with E-state index in [1.807, 2.05) is 6.92 Å². The van der Waals surface area contributed by atoms with E-state index in [2.05, 4.69) is 20.8 Å². The van der Waals surface area contributed by atoms with Crippen LogP contribution in [-0.2, 0) is 9.53 Å². The number of cyclic esters (lactones) is 1. The number of carbonyl (C=O) groups is 1. The molecular formula is C10H18O2. The molecule has 2 atom stereocenters. The lowest BCUT2D eigenvalue weighted by Crippen LogP contribution is -2.36. The number of hydrogen-bond acceptors (Lipinski definition) is 2. The molecule has 12 heavy (non-hydrogen) atoms. The fraction of sp³-hybridized carbons (Fsp3) is 0.900. The summed E-state index contributed by atoms with van der Waals surface area (Å²) in [5.41, 5.74) is 0.0528. The van der Waals surface area contributed by atoms with Gasteiger partial charge >= 0.3 is 5.97 Å². The van der Waals surface area contributed by atoms with Crippen LogP contribution in [0.25, 0.3) is 0 Å². The van der Waals surface area contributed by atoms with Crippen molar-refractivity contribution < 1.29 is 9.53 Å². The summed E-state index contributed by atoms with van der Waals surface area (Å²) in [4.78, 5) is 11.4. The van der Waals surface area contributed by atoms with Gasteiger partial charge < -0.3 is 4.74 Å². The van der Waals surface area contributed by atoms with Crippen LogP contribution in [0.4, 0.5) is 0 Å². The Balaban J connectivity index is 2.63. The summed E-state index contributed by atoms with van der Waals surface area (Å²) in [6.45, 7) is 8.23. The van der Waals surface area contributed by atoms with Crippen molar-refractivity contribution in [1.29, 1.82) is 0 Å². The summed E-state index contributed by atoms with van der Waals surface area (Å²) in [7, 11) is 0. The summed E-state index contributed by atoms with van der Waals surface area (Å²) in [6.07, 6.45) is 2.10. The predicted octanol–water partition coefficient (Wildman–Crippen LogP) is 2.37. The van der Waals surface area contributed by atoms with Crippen LogP contribution in [0.5, 0.6) is 0 Å². The third-order valence-electron chi connectivity index (χ3n) is 2.51. The zero-order chi connectivity index (χ0) is 9.35. The van der Waals surface area contributed by atoms with Crippen LogP contribution < -0.4 is 0 Å². The largest absolute Gasteiger partial charge is 0.462 e. The fourth-order valence-corrected chi connectivity index (χ4v) is 1.65. The average molecular weight is 170 g/mol. The minimum atomic E-state index is -0.0127. The van der Waals surface area contributed by atoms with E-state index < -0.39 is 0 Å². The third-order valence-corrected chi connectivity index (χ3v) is 2.51. The summed E-state index contributed by atoms with van der Waals surface area (Å²) in [5, 5.41) is 0. The smallest absolute Gasteiger partial charge is 0.309 e. The summed E-state index contributed by atoms with van der Waals surface area (Å²) in [5.74, 6) is 0.0787. The molecule has 2 unspecified atom stereocenters. The van der Waals surface area contributed by atoms with E-state index >= 15 is 0 Å². The fourth-order valence-electron chi connectivity index (χ4n) is 1.65. The van der Waals surface area contributed by atoms with E-state index in [4.69, 9.17) is 4.74 Å². The second-order valence-electron chi connectivity index (χ2n) is 4.74. The van der Waals surface area contributed by atoms with Crippen molar-refractivity contribution in [2.24, 2.45) is 11.3 Å². The lowest BCUT2D eigenvalue weighted by atomic mass is 9.76. The van der Waals surface area contributed by atoms with Gasteiger partial charge in [-0.2, -0.15) is 0 Å². The molecule has 0 spiro atoms. The number of rotatable bonds is 0. The molecule has 0 aromatic heterocycles. The highest BCUT2D eigenvalue weighted by Gasteiger charge is 2.36. The van der Waals surface area contributed by atoms with Crippen LogP contribution in [0.2, 0.25) is 0 Å². The number of carbonyl (C=O) groups excluding carboxylic acids is 1. The second kappa shape index (κ2) is 3.08. The zero-order valence-corrected chi connectivity index (χ0v) is 8.39. The highest BCUT2D eigenvalue weighted by Crippen LogP contribution is 2.34. The minimum absolute atomic E-state index is 0.0127. The lowest BCUT2D eigenvalue weighted by Gasteiger charge is -2.34. The van der Waals surface area contributed by atoms with E-state index in [9.17, 15) is 4.79 Å². The Bertz CT molecular complexity index is 179. The number of hydrogen-bond donors (Lipinski definition) is 0. The SMILES string of the molecule is CC1CCC(C(C)(C)C)C(=O)O1. The van der Waals surface area contributed by atoms with Crippen LogP contribution >= 0.6 is 0 Å². The molecule has 70 valence electrons. The van der Waals surface area contributed by atoms with E-state index in [0.717, 1.165) is 12.8 Å². The molecule has 2 heteroatoms. The van der Waals surface area contributed by atoms with Crippen molar-refractivity contribution in [3.05, 3.63) is 0 Å². The first-order valence-corrected chi connectivity index (χ1v) is 4.62. The van der Waals surface area contributed by atoms with Gasteiger partial charge in [-0.1, -0.05) is 20.8 Å². The Hall–Kier alpha value is -0.530. The Morgan fingerprint density at radius 3 is 2.33 bits per heavy atom. The van der Waals surface area contributed by atoms with Gasteiger partial charge in [0.15, 0.2) is 0 Å². The van der Waals surface area contributed by atoms with Crippen LogP contribution in [0.15, 0.2) is 0 Å². The quantitative estimate of drug-likeness (QED) is 0.522. The van der Waals surface area contributed by atoms with Gasteiger partial charge in [-0.25, -0.2) is 0 Å². The molecule has 0 bridgehead atoms. The first-order valence-electron chi connectivity index (χ1n) is 4.62. The Labute approximate surface area is 74.3 Å². The lowest BCUT2D eigenvalue weighted by molar-refractivity contribution is -0.164. The van der Waals surface area contributed by atoms with Crippen molar-refractivity contribution in [2.75, 3.05) is 0 Å². The maximum atomic E-state index is 11.4. The molecule has 1 rings (SSSR count). The van der Waals surface area contributed by atoms with E-state index in [1.54, 1.807) is 0 Å². The van der Waals surface area contributed by atoms with Crippen molar-refractivity contribution >= 4 is 5.97 Å². The summed E-state index contributed by atoms with van der Waals surface area (Å²) < 4.78 is 5.19. The van der Waals surface area contributed by atoms with Crippen LogP contribution in [0.3, 0.4) is 0 Å². The Morgan fingerprint density at radius 2 is 1.92 bits per heavy atom. The van der Waals surface area contributed by atoms with Crippen molar-refractivity contribution in [3.63, 3.8) is 0 Å². The zero-order valence-electron chi connectivity index (χ0n) is 8.39. The van der Waals surface area contributed by atoms with E-state index in [0.29, 0.717) is 0 Å². The van der Waals surface area contributed by atoms with Crippen molar-refractivity contribution in [3.8, 4) is 0 Å². The van der Waals surface area contributed by atoms with Gasteiger partial charge in [0, 0.05) is 0 Å². The molecule has 0 N–H and O–H groups in total. The minimum Gasteiger partial charge on any atom is -0.462 e. The molecule has 0 saturated carbocycles. The monoisotopic (exact) mass is 170 g/mol. The van der Waals surface area contributed by atoms with E-state index in [-0.39, 0.29) is 23.4 Å². The number of esters is 1. The normalized spacial score (nSPS) is 31.5. The molecule has 0 aromatic rings. The first-order chi connectivity index (χ1) is 5.41. The molecule has 0 radical (unpaired) electrons. The third kappa shape index (κ3) is 1.99. The highest BCUT2D eigenvalue weighted by atomic mass is 16.5. The second-order valence-corrected chi connectivity index (χ2v) is 4.74. The molecule has 2 nitrogen and oxygen atoms in total. The Kier molecular flexibility index (Phi) is 2.45. The van der Waals surface area contributed by atoms with E-state index in [1.165, 1.54) is 0 Å². The van der Waals surface area contributed by atoms with Crippen LogP contribution in [0.1, 0.15) is 40.5 Å². The summed E-state index contributed by atoms with van der Waals surface area (Å²) >= 11 is 0. The topological polar surface area (TPSA) is 26.3 Å². The average Bonchev–Trinajstić information content (AvgIpc) is 1.83. The van der Waals surface area contributed by atoms with Gasteiger partial charge in [0.2, 0.25) is 0 Å². The molecule has 1 heterocycles. The van der Waals surface area contributed by atoms with Crippen LogP contribution in [-0.4, -0.2) is 12.1 Å². The highest BCUT2D eigenvalue weighted by molar-refractivity contribution is 5.74. The number of ether oxygens (including phenoxy) is 1. The maximum Gasteiger partial charge on any atom is 0.309 e. The molecule has 1 aliphatic rings. The van der Waals surface area contributed by atoms with Gasteiger partial charge in [0.05, 0.1) is 12.0 Å². The standard InChI is InChI=1S/C10H18O2/c1-7-5-6-8(9(11)12-7)10(2,3)4/h7-8H,5-6H2,1-4H3. The molecular weight excluding hydrogens is 152 g/mol. The summed E-state index contributed by atoms with van der Waals surface area (Å²) in [6, 6.07) is 0. The molecule has 1 fully saturated rings. The molecule has 0 aliphatic carbocycles. The molecule has 1 saturated heterocycles. The van der Waals surface area contributed by atoms with Gasteiger partial charge in [-0.15, -0.1) is 0 Å². The van der Waals surface area contributed by atoms with Gasteiger partial charge in [-0.05, 0) is 25.2 Å². The van der Waals surface area contributed by atoms with Gasteiger partial charge in [0.25, 0.3) is 0 Å². The molecule has 0 amide bonds. The van der Waals surface area contributed by atoms with Crippen LogP contribution in [0, 0.1) is 11.3 Å². The molecule has 0 aromatic carbocycles. The van der Waals surface area contributed by atoms with Gasteiger partial charge in [0.1, 0.15) is 0 Å². The maximum absolute atomic E-state index is 11.4. The van der Waals surface area contributed by atoms with Crippen molar-refractivity contribution in [2.45, 2.75) is 46.6 Å². The van der Waals surface area contributed by atoms with Crippen molar-refractivity contribution in [1.82, 2.24) is 0 Å². The Morgan fingerprint density at radius 1 is 1.33 bits per heavy atom. The molecule has 1 aliphatic heterocycles.